The Bertz CT molecular complexity index is 868. The summed E-state index contributed by atoms with van der Waals surface area (Å²) in [6, 6.07) is 3.86. The van der Waals surface area contributed by atoms with Crippen molar-refractivity contribution >= 4 is 17.4 Å². The number of amides is 1. The maximum atomic E-state index is 12.8. The third-order valence-electron chi connectivity index (χ3n) is 6.75. The highest BCUT2D eigenvalue weighted by Crippen LogP contribution is 2.24. The molecule has 2 fully saturated rings. The molecule has 1 N–H and O–H groups in total. The number of aryl methyl sites for hydroxylation is 1. The molecule has 1 saturated carbocycles. The molecule has 0 bridgehead atoms. The van der Waals surface area contributed by atoms with Crippen LogP contribution in [0.4, 0.5) is 5.82 Å². The van der Waals surface area contributed by atoms with E-state index >= 15 is 0 Å². The summed E-state index contributed by atoms with van der Waals surface area (Å²) in [5.74, 6) is 1.73. The number of likely N-dealkylation sites (N-methyl/N-ethyl adjacent to an activating group) is 1. The molecular formula is C24H37N5O2. The molecule has 2 aromatic heterocycles. The van der Waals surface area contributed by atoms with Crippen molar-refractivity contribution in [2.24, 2.45) is 5.92 Å². The molecule has 0 radical (unpaired) electrons. The maximum absolute atomic E-state index is 12.8. The number of hydrogen-bond acceptors (Lipinski definition) is 5. The Hall–Kier alpha value is -2.12. The van der Waals surface area contributed by atoms with E-state index in [-0.39, 0.29) is 5.91 Å². The first-order chi connectivity index (χ1) is 15.2. The molecule has 170 valence electrons. The van der Waals surface area contributed by atoms with Crippen LogP contribution in [-0.4, -0.2) is 73.2 Å². The fourth-order valence-corrected chi connectivity index (χ4v) is 4.81. The van der Waals surface area contributed by atoms with Crippen LogP contribution in [-0.2, 0) is 11.2 Å². The summed E-state index contributed by atoms with van der Waals surface area (Å²) in [7, 11) is 2.12. The van der Waals surface area contributed by atoms with Crippen molar-refractivity contribution in [2.75, 3.05) is 57.9 Å². The SMILES string of the molecule is CCc1nc2ccc(C(=O)NCC3CCCCC3)cn2c1N(C)CCN1CCOCC1. The summed E-state index contributed by atoms with van der Waals surface area (Å²) in [4.78, 5) is 22.4. The standard InChI is InChI=1S/C24H37N5O2/c1-3-21-24(27(2)11-12-28-13-15-31-16-14-28)29-18-20(9-10-22(29)26-21)23(30)25-17-19-7-5-4-6-8-19/h9-10,18-19H,3-8,11-17H2,1-2H3,(H,25,30). The van der Waals surface area contributed by atoms with E-state index in [4.69, 9.17) is 9.72 Å². The minimum Gasteiger partial charge on any atom is -0.379 e. The van der Waals surface area contributed by atoms with E-state index in [9.17, 15) is 4.79 Å². The van der Waals surface area contributed by atoms with Crippen LogP contribution in [0.1, 0.15) is 55.1 Å². The summed E-state index contributed by atoms with van der Waals surface area (Å²) in [5, 5.41) is 3.17. The summed E-state index contributed by atoms with van der Waals surface area (Å²) in [5.41, 5.74) is 2.67. The topological polar surface area (TPSA) is 62.1 Å². The van der Waals surface area contributed by atoms with Gasteiger partial charge in [-0.05, 0) is 37.3 Å². The minimum atomic E-state index is 0.0149. The Morgan fingerprint density at radius 3 is 2.74 bits per heavy atom. The maximum Gasteiger partial charge on any atom is 0.252 e. The van der Waals surface area contributed by atoms with Crippen LogP contribution in [0, 0.1) is 5.92 Å². The lowest BCUT2D eigenvalue weighted by molar-refractivity contribution is 0.0392. The zero-order chi connectivity index (χ0) is 21.6. The van der Waals surface area contributed by atoms with Gasteiger partial charge in [-0.2, -0.15) is 0 Å². The van der Waals surface area contributed by atoms with Gasteiger partial charge in [0.05, 0.1) is 24.5 Å². The van der Waals surface area contributed by atoms with Gasteiger partial charge < -0.3 is 15.0 Å². The van der Waals surface area contributed by atoms with Crippen LogP contribution in [0.5, 0.6) is 0 Å². The van der Waals surface area contributed by atoms with Crippen LogP contribution in [0.25, 0.3) is 5.65 Å². The average Bonchev–Trinajstić information content (AvgIpc) is 3.20. The molecule has 31 heavy (non-hydrogen) atoms. The Morgan fingerprint density at radius 1 is 1.23 bits per heavy atom. The monoisotopic (exact) mass is 427 g/mol. The second-order valence-electron chi connectivity index (χ2n) is 8.97. The number of aromatic nitrogens is 2. The average molecular weight is 428 g/mol. The second-order valence-corrected chi connectivity index (χ2v) is 8.97. The summed E-state index contributed by atoms with van der Waals surface area (Å²) in [6.45, 7) is 8.46. The zero-order valence-electron chi connectivity index (χ0n) is 19.1. The van der Waals surface area contributed by atoms with Crippen molar-refractivity contribution < 1.29 is 9.53 Å². The number of fused-ring (bicyclic) bond motifs is 1. The minimum absolute atomic E-state index is 0.0149. The largest absolute Gasteiger partial charge is 0.379 e. The molecule has 4 rings (SSSR count). The smallest absolute Gasteiger partial charge is 0.252 e. The number of imidazole rings is 1. The van der Waals surface area contributed by atoms with Crippen molar-refractivity contribution in [1.82, 2.24) is 19.6 Å². The summed E-state index contributed by atoms with van der Waals surface area (Å²) in [6.07, 6.45) is 9.21. The molecule has 0 spiro atoms. The third-order valence-corrected chi connectivity index (χ3v) is 6.75. The van der Waals surface area contributed by atoms with Crippen molar-refractivity contribution in [3.63, 3.8) is 0 Å². The predicted octanol–water partition coefficient (Wildman–Crippen LogP) is 2.98. The second kappa shape index (κ2) is 10.5. The van der Waals surface area contributed by atoms with Gasteiger partial charge in [-0.15, -0.1) is 0 Å². The molecule has 7 nitrogen and oxygen atoms in total. The van der Waals surface area contributed by atoms with Gasteiger partial charge in [0.25, 0.3) is 5.91 Å². The first-order valence-electron chi connectivity index (χ1n) is 12.0. The number of carbonyl (C=O) groups excluding carboxylic acids is 1. The zero-order valence-corrected chi connectivity index (χ0v) is 19.1. The summed E-state index contributed by atoms with van der Waals surface area (Å²) < 4.78 is 7.55. The molecule has 0 atom stereocenters. The number of rotatable bonds is 8. The van der Waals surface area contributed by atoms with Crippen molar-refractivity contribution in [3.05, 3.63) is 29.6 Å². The van der Waals surface area contributed by atoms with E-state index in [1.807, 2.05) is 18.3 Å². The molecule has 0 aromatic carbocycles. The first-order valence-corrected chi connectivity index (χ1v) is 12.0. The lowest BCUT2D eigenvalue weighted by atomic mass is 9.89. The van der Waals surface area contributed by atoms with Crippen LogP contribution in [0.15, 0.2) is 18.3 Å². The van der Waals surface area contributed by atoms with Gasteiger partial charge in [0.15, 0.2) is 0 Å². The third kappa shape index (κ3) is 5.39. The van der Waals surface area contributed by atoms with Crippen molar-refractivity contribution in [1.29, 1.82) is 0 Å². The van der Waals surface area contributed by atoms with Gasteiger partial charge in [-0.25, -0.2) is 4.98 Å². The normalized spacial score (nSPS) is 18.4. The number of morpholine rings is 1. The lowest BCUT2D eigenvalue weighted by Gasteiger charge is -2.29. The molecule has 1 saturated heterocycles. The van der Waals surface area contributed by atoms with Gasteiger partial charge in [-0.1, -0.05) is 26.2 Å². The molecule has 2 aliphatic rings. The van der Waals surface area contributed by atoms with Gasteiger partial charge >= 0.3 is 0 Å². The molecule has 0 unspecified atom stereocenters. The molecule has 1 amide bonds. The number of pyridine rings is 1. The van der Waals surface area contributed by atoms with E-state index in [2.05, 4.69) is 33.5 Å². The van der Waals surface area contributed by atoms with Crippen LogP contribution in [0.2, 0.25) is 0 Å². The van der Waals surface area contributed by atoms with Crippen LogP contribution in [0.3, 0.4) is 0 Å². The Morgan fingerprint density at radius 2 is 2.00 bits per heavy atom. The van der Waals surface area contributed by atoms with Gasteiger partial charge in [0.2, 0.25) is 0 Å². The molecule has 1 aliphatic carbocycles. The van der Waals surface area contributed by atoms with Gasteiger partial charge in [0, 0.05) is 46.0 Å². The van der Waals surface area contributed by atoms with E-state index in [1.54, 1.807) is 0 Å². The number of hydrogen-bond donors (Lipinski definition) is 1. The van der Waals surface area contributed by atoms with Gasteiger partial charge in [0.1, 0.15) is 11.5 Å². The van der Waals surface area contributed by atoms with Crippen LogP contribution < -0.4 is 10.2 Å². The number of anilines is 1. The van der Waals surface area contributed by atoms with E-state index in [0.29, 0.717) is 11.5 Å². The quantitative estimate of drug-likeness (QED) is 0.702. The highest BCUT2D eigenvalue weighted by atomic mass is 16.5. The van der Waals surface area contributed by atoms with Crippen LogP contribution >= 0.6 is 0 Å². The summed E-state index contributed by atoms with van der Waals surface area (Å²) >= 11 is 0. The fourth-order valence-electron chi connectivity index (χ4n) is 4.81. The first kappa shape index (κ1) is 22.1. The highest BCUT2D eigenvalue weighted by Gasteiger charge is 2.19. The molecule has 7 heteroatoms. The Kier molecular flexibility index (Phi) is 7.45. The Balaban J connectivity index is 1.47. The predicted molar refractivity (Wildman–Crippen MR) is 124 cm³/mol. The number of ether oxygens (including phenoxy) is 1. The highest BCUT2D eigenvalue weighted by molar-refractivity contribution is 5.94. The van der Waals surface area contributed by atoms with Crippen molar-refractivity contribution in [2.45, 2.75) is 45.4 Å². The molecule has 3 heterocycles. The molecular weight excluding hydrogens is 390 g/mol. The molecule has 1 aliphatic heterocycles. The number of nitrogens with zero attached hydrogens (tertiary/aromatic N) is 4. The van der Waals surface area contributed by atoms with Gasteiger partial charge in [-0.3, -0.25) is 14.1 Å². The van der Waals surface area contributed by atoms with E-state index in [1.165, 1.54) is 32.1 Å². The number of nitrogens with one attached hydrogen (secondary N) is 1. The Labute approximate surface area is 185 Å². The lowest BCUT2D eigenvalue weighted by Crippen LogP contribution is -2.41. The molecule has 2 aromatic rings. The van der Waals surface area contributed by atoms with Crippen molar-refractivity contribution in [3.8, 4) is 0 Å². The van der Waals surface area contributed by atoms with E-state index < -0.39 is 0 Å². The van der Waals surface area contributed by atoms with E-state index in [0.717, 1.165) is 69.5 Å². The number of carbonyl (C=O) groups is 1. The fraction of sp³-hybridized carbons (Fsp3) is 0.667.